The Morgan fingerprint density at radius 2 is 2.12 bits per heavy atom. The highest BCUT2D eigenvalue weighted by Gasteiger charge is 2.43. The van der Waals surface area contributed by atoms with Crippen molar-refractivity contribution in [3.8, 4) is 0 Å². The third-order valence-electron chi connectivity index (χ3n) is 5.07. The minimum Gasteiger partial charge on any atom is -0.386 e. The zero-order valence-corrected chi connectivity index (χ0v) is 14.0. The molecule has 1 aromatic carbocycles. The second kappa shape index (κ2) is 7.05. The van der Waals surface area contributed by atoms with Gasteiger partial charge in [0.15, 0.2) is 6.17 Å². The second-order valence-electron chi connectivity index (χ2n) is 6.68. The van der Waals surface area contributed by atoms with E-state index < -0.39 is 17.5 Å². The maximum absolute atomic E-state index is 14.9. The lowest BCUT2D eigenvalue weighted by Gasteiger charge is -2.32. The standard InChI is InChI=1S/C18H25F2N3O/c1-2-18(16(20)10-24-11-17(21)23-18)14-9-13(7-8-15(14)19)22-12-5-3-4-6-12/h7-9,12,16,22H,2-6,10-11H2,1H3,(H2,21,23)/t16-,18?/m0/s1. The smallest absolute Gasteiger partial charge is 0.153 e. The van der Waals surface area contributed by atoms with Gasteiger partial charge in [0.2, 0.25) is 0 Å². The minimum atomic E-state index is -1.44. The normalized spacial score (nSPS) is 28.5. The predicted octanol–water partition coefficient (Wildman–Crippen LogP) is 3.51. The van der Waals surface area contributed by atoms with E-state index in [1.165, 1.54) is 18.9 Å². The van der Waals surface area contributed by atoms with Crippen molar-refractivity contribution < 1.29 is 13.5 Å². The number of nitrogens with zero attached hydrogens (tertiary/aromatic N) is 1. The van der Waals surface area contributed by atoms with Crippen LogP contribution in [-0.2, 0) is 10.3 Å². The Labute approximate surface area is 141 Å². The molecule has 3 N–H and O–H groups in total. The monoisotopic (exact) mass is 337 g/mol. The molecule has 1 aliphatic carbocycles. The molecule has 0 aromatic heterocycles. The molecule has 1 fully saturated rings. The first-order chi connectivity index (χ1) is 11.5. The first-order valence-electron chi connectivity index (χ1n) is 8.67. The van der Waals surface area contributed by atoms with Crippen molar-refractivity contribution in [1.29, 1.82) is 0 Å². The summed E-state index contributed by atoms with van der Waals surface area (Å²) in [4.78, 5) is 4.34. The molecule has 0 amide bonds. The third kappa shape index (κ3) is 3.24. The van der Waals surface area contributed by atoms with Gasteiger partial charge in [-0.25, -0.2) is 8.78 Å². The van der Waals surface area contributed by atoms with Crippen molar-refractivity contribution in [2.45, 2.75) is 56.8 Å². The number of hydrogen-bond donors (Lipinski definition) is 2. The van der Waals surface area contributed by atoms with E-state index >= 15 is 0 Å². The van der Waals surface area contributed by atoms with Crippen molar-refractivity contribution in [2.24, 2.45) is 10.7 Å². The van der Waals surface area contributed by atoms with Gasteiger partial charge >= 0.3 is 0 Å². The first-order valence-corrected chi connectivity index (χ1v) is 8.67. The molecular formula is C18H25F2N3O. The Kier molecular flexibility index (Phi) is 5.04. The molecule has 0 radical (unpaired) electrons. The van der Waals surface area contributed by atoms with E-state index in [4.69, 9.17) is 10.5 Å². The number of rotatable bonds is 4. The van der Waals surface area contributed by atoms with Crippen molar-refractivity contribution in [2.75, 3.05) is 18.5 Å². The van der Waals surface area contributed by atoms with Gasteiger partial charge in [0.1, 0.15) is 23.8 Å². The number of hydrogen-bond acceptors (Lipinski definition) is 4. The molecule has 2 aliphatic rings. The van der Waals surface area contributed by atoms with Gasteiger partial charge < -0.3 is 15.8 Å². The summed E-state index contributed by atoms with van der Waals surface area (Å²) in [5, 5.41) is 3.43. The molecule has 3 rings (SSSR count). The maximum Gasteiger partial charge on any atom is 0.153 e. The van der Waals surface area contributed by atoms with E-state index in [2.05, 4.69) is 10.3 Å². The van der Waals surface area contributed by atoms with E-state index in [9.17, 15) is 8.78 Å². The molecule has 1 saturated carbocycles. The van der Waals surface area contributed by atoms with E-state index in [-0.39, 0.29) is 24.6 Å². The number of benzene rings is 1. The summed E-state index contributed by atoms with van der Waals surface area (Å²) in [6, 6.07) is 5.17. The molecule has 0 saturated heterocycles. The van der Waals surface area contributed by atoms with E-state index in [1.54, 1.807) is 19.1 Å². The Hall–Kier alpha value is -1.69. The summed E-state index contributed by atoms with van der Waals surface area (Å²) in [6.45, 7) is 1.73. The fraction of sp³-hybridized carbons (Fsp3) is 0.611. The molecule has 1 aliphatic heterocycles. The van der Waals surface area contributed by atoms with Gasteiger partial charge in [-0.1, -0.05) is 19.8 Å². The zero-order chi connectivity index (χ0) is 17.2. The highest BCUT2D eigenvalue weighted by Crippen LogP contribution is 2.39. The zero-order valence-electron chi connectivity index (χ0n) is 14.0. The quantitative estimate of drug-likeness (QED) is 0.884. The number of ether oxygens (including phenoxy) is 1. The lowest BCUT2D eigenvalue weighted by molar-refractivity contribution is 0.0679. The van der Waals surface area contributed by atoms with E-state index in [0.717, 1.165) is 18.5 Å². The maximum atomic E-state index is 14.9. The van der Waals surface area contributed by atoms with Crippen LogP contribution in [0.25, 0.3) is 0 Å². The van der Waals surface area contributed by atoms with Crippen molar-refractivity contribution in [1.82, 2.24) is 0 Å². The van der Waals surface area contributed by atoms with Crippen molar-refractivity contribution >= 4 is 11.5 Å². The highest BCUT2D eigenvalue weighted by molar-refractivity contribution is 5.82. The van der Waals surface area contributed by atoms with E-state index in [0.29, 0.717) is 12.5 Å². The summed E-state index contributed by atoms with van der Waals surface area (Å²) >= 11 is 0. The van der Waals surface area contributed by atoms with Crippen LogP contribution in [0.2, 0.25) is 0 Å². The number of nitrogens with one attached hydrogen (secondary N) is 1. The lowest BCUT2D eigenvalue weighted by atomic mass is 9.83. The minimum absolute atomic E-state index is 0.0732. The number of alkyl halides is 1. The SMILES string of the molecule is CCC1(c2cc(NC3CCCC3)ccc2F)N=C(N)COC[C@@H]1F. The van der Waals surface area contributed by atoms with Crippen LogP contribution in [-0.4, -0.2) is 31.3 Å². The van der Waals surface area contributed by atoms with Crippen LogP contribution < -0.4 is 11.1 Å². The molecule has 24 heavy (non-hydrogen) atoms. The fourth-order valence-corrected chi connectivity index (χ4v) is 3.74. The highest BCUT2D eigenvalue weighted by atomic mass is 19.1. The predicted molar refractivity (Wildman–Crippen MR) is 91.6 cm³/mol. The van der Waals surface area contributed by atoms with Crippen LogP contribution >= 0.6 is 0 Å². The summed E-state index contributed by atoms with van der Waals surface area (Å²) in [6.07, 6.45) is 3.49. The Balaban J connectivity index is 1.99. The molecule has 2 atom stereocenters. The molecule has 0 bridgehead atoms. The van der Waals surface area contributed by atoms with Crippen LogP contribution in [0.1, 0.15) is 44.6 Å². The topological polar surface area (TPSA) is 59.6 Å². The number of aliphatic imine (C=N–C) groups is 1. The van der Waals surface area contributed by atoms with Crippen molar-refractivity contribution in [3.05, 3.63) is 29.6 Å². The van der Waals surface area contributed by atoms with Crippen LogP contribution in [0.5, 0.6) is 0 Å². The second-order valence-corrected chi connectivity index (χ2v) is 6.68. The molecule has 132 valence electrons. The van der Waals surface area contributed by atoms with Crippen LogP contribution in [0.15, 0.2) is 23.2 Å². The molecule has 1 aromatic rings. The van der Waals surface area contributed by atoms with Crippen LogP contribution in [0.3, 0.4) is 0 Å². The molecular weight excluding hydrogens is 312 g/mol. The lowest BCUT2D eigenvalue weighted by Crippen LogP contribution is -2.38. The number of anilines is 1. The van der Waals surface area contributed by atoms with Crippen molar-refractivity contribution in [3.63, 3.8) is 0 Å². The number of halogens is 2. The Bertz CT molecular complexity index is 616. The Morgan fingerprint density at radius 3 is 2.83 bits per heavy atom. The Morgan fingerprint density at radius 1 is 1.38 bits per heavy atom. The average Bonchev–Trinajstić information content (AvgIpc) is 3.02. The molecule has 4 nitrogen and oxygen atoms in total. The summed E-state index contributed by atoms with van der Waals surface area (Å²) < 4.78 is 34.7. The summed E-state index contributed by atoms with van der Waals surface area (Å²) in [5.74, 6) is -0.263. The van der Waals surface area contributed by atoms with Gasteiger partial charge in [0.25, 0.3) is 0 Å². The molecule has 1 unspecified atom stereocenters. The van der Waals surface area contributed by atoms with Gasteiger partial charge in [-0.2, -0.15) is 0 Å². The number of amidine groups is 1. The molecule has 0 spiro atoms. The number of nitrogens with two attached hydrogens (primary N) is 1. The first kappa shape index (κ1) is 17.1. The average molecular weight is 337 g/mol. The summed E-state index contributed by atoms with van der Waals surface area (Å²) in [5.41, 5.74) is 5.54. The van der Waals surface area contributed by atoms with Crippen LogP contribution in [0.4, 0.5) is 14.5 Å². The summed E-state index contributed by atoms with van der Waals surface area (Å²) in [7, 11) is 0. The van der Waals surface area contributed by atoms with Gasteiger partial charge in [-0.15, -0.1) is 0 Å². The van der Waals surface area contributed by atoms with Gasteiger partial charge in [0.05, 0.1) is 6.61 Å². The molecule has 1 heterocycles. The largest absolute Gasteiger partial charge is 0.386 e. The third-order valence-corrected chi connectivity index (χ3v) is 5.07. The van der Waals surface area contributed by atoms with Gasteiger partial charge in [0, 0.05) is 17.3 Å². The van der Waals surface area contributed by atoms with E-state index in [1.807, 2.05) is 0 Å². The van der Waals surface area contributed by atoms with Crippen LogP contribution in [0, 0.1) is 5.82 Å². The molecule has 6 heteroatoms. The fourth-order valence-electron chi connectivity index (χ4n) is 3.74. The van der Waals surface area contributed by atoms with Gasteiger partial charge in [-0.05, 0) is 37.5 Å². The van der Waals surface area contributed by atoms with Gasteiger partial charge in [-0.3, -0.25) is 4.99 Å².